The molecular formula is C9H14N2O2S. The van der Waals surface area contributed by atoms with Crippen molar-refractivity contribution in [2.75, 3.05) is 7.05 Å². The van der Waals surface area contributed by atoms with Gasteiger partial charge >= 0.3 is 0 Å². The highest BCUT2D eigenvalue weighted by Gasteiger charge is 2.11. The molecule has 0 atom stereocenters. The summed E-state index contributed by atoms with van der Waals surface area (Å²) in [6.07, 6.45) is 0. The number of nitrogens with zero attached hydrogens (tertiary/aromatic N) is 1. The van der Waals surface area contributed by atoms with Crippen molar-refractivity contribution in [3.8, 4) is 0 Å². The third-order valence-corrected chi connectivity index (χ3v) is 2.96. The van der Waals surface area contributed by atoms with Gasteiger partial charge < -0.3 is 0 Å². The van der Waals surface area contributed by atoms with Crippen LogP contribution < -0.4 is 5.14 Å². The van der Waals surface area contributed by atoms with Gasteiger partial charge in [-0.1, -0.05) is 29.8 Å². The zero-order chi connectivity index (χ0) is 10.8. The first-order valence-electron chi connectivity index (χ1n) is 4.19. The van der Waals surface area contributed by atoms with E-state index in [-0.39, 0.29) is 0 Å². The van der Waals surface area contributed by atoms with Gasteiger partial charge in [0.05, 0.1) is 0 Å². The summed E-state index contributed by atoms with van der Waals surface area (Å²) in [6, 6.07) is 7.65. The Kier molecular flexibility index (Phi) is 3.25. The summed E-state index contributed by atoms with van der Waals surface area (Å²) in [5, 5.41) is 4.95. The monoisotopic (exact) mass is 214 g/mol. The number of rotatable bonds is 3. The van der Waals surface area contributed by atoms with Gasteiger partial charge in [-0.05, 0) is 12.5 Å². The maximum Gasteiger partial charge on any atom is 0.276 e. The molecule has 14 heavy (non-hydrogen) atoms. The molecule has 0 bridgehead atoms. The highest BCUT2D eigenvalue weighted by atomic mass is 32.2. The molecule has 0 unspecified atom stereocenters. The van der Waals surface area contributed by atoms with Gasteiger partial charge in [0, 0.05) is 13.6 Å². The Morgan fingerprint density at radius 2 is 1.79 bits per heavy atom. The molecule has 0 heterocycles. The molecule has 1 rings (SSSR count). The van der Waals surface area contributed by atoms with Crippen LogP contribution in [0.15, 0.2) is 24.3 Å². The highest BCUT2D eigenvalue weighted by Crippen LogP contribution is 2.06. The van der Waals surface area contributed by atoms with Crippen LogP contribution in [0.2, 0.25) is 0 Å². The van der Waals surface area contributed by atoms with E-state index in [1.165, 1.54) is 7.05 Å². The molecule has 0 amide bonds. The van der Waals surface area contributed by atoms with Gasteiger partial charge in [-0.2, -0.15) is 12.7 Å². The number of benzene rings is 1. The number of nitrogens with two attached hydrogens (primary N) is 1. The Hall–Kier alpha value is -0.910. The van der Waals surface area contributed by atoms with Crippen molar-refractivity contribution in [2.45, 2.75) is 13.5 Å². The third-order valence-electron chi connectivity index (χ3n) is 1.96. The van der Waals surface area contributed by atoms with E-state index in [2.05, 4.69) is 0 Å². The normalized spacial score (nSPS) is 12.0. The van der Waals surface area contributed by atoms with E-state index in [4.69, 9.17) is 5.14 Å². The van der Waals surface area contributed by atoms with Gasteiger partial charge in [-0.15, -0.1) is 0 Å². The number of hydrogen-bond acceptors (Lipinski definition) is 2. The van der Waals surface area contributed by atoms with E-state index >= 15 is 0 Å². The van der Waals surface area contributed by atoms with Crippen molar-refractivity contribution in [3.05, 3.63) is 35.4 Å². The molecule has 0 fully saturated rings. The largest absolute Gasteiger partial charge is 0.276 e. The van der Waals surface area contributed by atoms with Crippen LogP contribution in [0.25, 0.3) is 0 Å². The van der Waals surface area contributed by atoms with Gasteiger partial charge in [0.1, 0.15) is 0 Å². The Labute approximate surface area is 84.5 Å². The van der Waals surface area contributed by atoms with Crippen LogP contribution in [0.5, 0.6) is 0 Å². The van der Waals surface area contributed by atoms with E-state index < -0.39 is 10.2 Å². The summed E-state index contributed by atoms with van der Waals surface area (Å²) in [5.41, 5.74) is 2.07. The van der Waals surface area contributed by atoms with Gasteiger partial charge in [-0.3, -0.25) is 0 Å². The second-order valence-corrected chi connectivity index (χ2v) is 4.94. The van der Waals surface area contributed by atoms with Crippen LogP contribution in [-0.4, -0.2) is 19.8 Å². The van der Waals surface area contributed by atoms with Crippen LogP contribution in [-0.2, 0) is 16.8 Å². The third kappa shape index (κ3) is 3.10. The van der Waals surface area contributed by atoms with Gasteiger partial charge in [0.15, 0.2) is 0 Å². The lowest BCUT2D eigenvalue weighted by Crippen LogP contribution is -2.32. The van der Waals surface area contributed by atoms with Gasteiger partial charge in [0.25, 0.3) is 10.2 Å². The summed E-state index contributed by atoms with van der Waals surface area (Å²) in [6.45, 7) is 2.28. The van der Waals surface area contributed by atoms with Gasteiger partial charge in [-0.25, -0.2) is 5.14 Å². The van der Waals surface area contributed by atoms with E-state index in [1.54, 1.807) is 0 Å². The Morgan fingerprint density at radius 3 is 2.21 bits per heavy atom. The smallest absolute Gasteiger partial charge is 0.216 e. The van der Waals surface area contributed by atoms with Crippen molar-refractivity contribution in [3.63, 3.8) is 0 Å². The lowest BCUT2D eigenvalue weighted by Gasteiger charge is -2.13. The minimum Gasteiger partial charge on any atom is -0.216 e. The molecule has 0 spiro atoms. The molecule has 1 aromatic carbocycles. The van der Waals surface area contributed by atoms with Crippen molar-refractivity contribution in [1.29, 1.82) is 0 Å². The van der Waals surface area contributed by atoms with Crippen LogP contribution in [0.4, 0.5) is 0 Å². The summed E-state index contributed by atoms with van der Waals surface area (Å²) in [5.74, 6) is 0. The fraction of sp³-hybridized carbons (Fsp3) is 0.333. The fourth-order valence-corrected chi connectivity index (χ4v) is 1.37. The Morgan fingerprint density at radius 1 is 1.29 bits per heavy atom. The highest BCUT2D eigenvalue weighted by molar-refractivity contribution is 7.86. The van der Waals surface area contributed by atoms with E-state index in [1.807, 2.05) is 31.2 Å². The van der Waals surface area contributed by atoms with Crippen LogP contribution in [0.3, 0.4) is 0 Å². The summed E-state index contributed by atoms with van der Waals surface area (Å²) in [7, 11) is -2.12. The van der Waals surface area contributed by atoms with Crippen LogP contribution >= 0.6 is 0 Å². The fourth-order valence-electron chi connectivity index (χ4n) is 1.04. The quantitative estimate of drug-likeness (QED) is 0.802. The predicted molar refractivity (Wildman–Crippen MR) is 55.8 cm³/mol. The first-order chi connectivity index (χ1) is 6.39. The lowest BCUT2D eigenvalue weighted by atomic mass is 10.1. The maximum atomic E-state index is 10.9. The first-order valence-corrected chi connectivity index (χ1v) is 5.69. The Bertz CT molecular complexity index is 397. The lowest BCUT2D eigenvalue weighted by molar-refractivity contribution is 0.468. The molecule has 0 radical (unpaired) electrons. The van der Waals surface area contributed by atoms with Crippen LogP contribution in [0, 0.1) is 6.92 Å². The van der Waals surface area contributed by atoms with E-state index in [0.29, 0.717) is 6.54 Å². The molecule has 0 saturated heterocycles. The molecule has 0 aliphatic rings. The molecule has 1 aromatic rings. The van der Waals surface area contributed by atoms with Crippen molar-refractivity contribution in [1.82, 2.24) is 4.31 Å². The van der Waals surface area contributed by atoms with Crippen LogP contribution in [0.1, 0.15) is 11.1 Å². The van der Waals surface area contributed by atoms with Crippen molar-refractivity contribution < 1.29 is 8.42 Å². The first kappa shape index (κ1) is 11.2. The summed E-state index contributed by atoms with van der Waals surface area (Å²) >= 11 is 0. The molecule has 5 heteroatoms. The maximum absolute atomic E-state index is 10.9. The average molecular weight is 214 g/mol. The van der Waals surface area contributed by atoms with E-state index in [9.17, 15) is 8.42 Å². The van der Waals surface area contributed by atoms with Crippen molar-refractivity contribution >= 4 is 10.2 Å². The molecule has 0 aliphatic heterocycles. The zero-order valence-electron chi connectivity index (χ0n) is 8.27. The number of hydrogen-bond donors (Lipinski definition) is 1. The molecule has 2 N–H and O–H groups in total. The van der Waals surface area contributed by atoms with Gasteiger partial charge in [0.2, 0.25) is 0 Å². The minimum absolute atomic E-state index is 0.305. The Balaban J connectivity index is 2.75. The number of aryl methyl sites for hydroxylation is 1. The zero-order valence-corrected chi connectivity index (χ0v) is 9.08. The molecular weight excluding hydrogens is 200 g/mol. The molecule has 0 saturated carbocycles. The second kappa shape index (κ2) is 4.08. The molecule has 4 nitrogen and oxygen atoms in total. The minimum atomic E-state index is -3.58. The average Bonchev–Trinajstić information content (AvgIpc) is 2.07. The summed E-state index contributed by atoms with van der Waals surface area (Å²) in [4.78, 5) is 0. The summed E-state index contributed by atoms with van der Waals surface area (Å²) < 4.78 is 22.9. The molecule has 0 aliphatic carbocycles. The second-order valence-electron chi connectivity index (χ2n) is 3.29. The standard InChI is InChI=1S/C9H14N2O2S/c1-8-3-5-9(6-4-8)7-11(2)14(10,12)13/h3-6H,7H2,1-2H3,(H2,10,12,13). The van der Waals surface area contributed by atoms with E-state index in [0.717, 1.165) is 15.4 Å². The molecule has 78 valence electrons. The topological polar surface area (TPSA) is 63.4 Å². The predicted octanol–water partition coefficient (Wildman–Crippen LogP) is 0.630. The van der Waals surface area contributed by atoms with Crippen molar-refractivity contribution in [2.24, 2.45) is 5.14 Å². The molecule has 0 aromatic heterocycles. The SMILES string of the molecule is Cc1ccc(CN(C)S(N)(=O)=O)cc1.